The second kappa shape index (κ2) is 2.59. The van der Waals surface area contributed by atoms with E-state index in [0.29, 0.717) is 6.42 Å². The lowest BCUT2D eigenvalue weighted by Gasteiger charge is -2.17. The van der Waals surface area contributed by atoms with E-state index < -0.39 is 0 Å². The van der Waals surface area contributed by atoms with Crippen LogP contribution in [-0.4, -0.2) is 10.9 Å². The highest BCUT2D eigenvalue weighted by Gasteiger charge is 2.15. The fourth-order valence-electron chi connectivity index (χ4n) is 1.44. The Labute approximate surface area is 70.8 Å². The van der Waals surface area contributed by atoms with Crippen LogP contribution >= 0.6 is 0 Å². The molecule has 2 heterocycles. The molecule has 1 aromatic rings. The number of hydrogen-bond donors (Lipinski definition) is 1. The van der Waals surface area contributed by atoms with Crippen molar-refractivity contribution in [2.75, 3.05) is 5.32 Å². The van der Waals surface area contributed by atoms with Gasteiger partial charge in [-0.25, -0.2) is 0 Å². The first kappa shape index (κ1) is 7.28. The largest absolute Gasteiger partial charge is 0.325 e. The minimum Gasteiger partial charge on any atom is -0.325 e. The van der Waals surface area contributed by atoms with Crippen LogP contribution in [0.25, 0.3) is 0 Å². The first-order valence-corrected chi connectivity index (χ1v) is 4.00. The van der Waals surface area contributed by atoms with Crippen molar-refractivity contribution < 1.29 is 4.79 Å². The summed E-state index contributed by atoms with van der Waals surface area (Å²) in [6.07, 6.45) is 4.99. The van der Waals surface area contributed by atoms with Crippen molar-refractivity contribution in [2.45, 2.75) is 19.8 Å². The quantitative estimate of drug-likeness (QED) is 0.624. The Kier molecular flexibility index (Phi) is 1.57. The van der Waals surface area contributed by atoms with Crippen molar-refractivity contribution in [1.82, 2.24) is 4.98 Å². The van der Waals surface area contributed by atoms with Gasteiger partial charge in [-0.1, -0.05) is 0 Å². The van der Waals surface area contributed by atoms with E-state index in [0.717, 1.165) is 23.2 Å². The van der Waals surface area contributed by atoms with Crippen LogP contribution in [0.2, 0.25) is 0 Å². The van der Waals surface area contributed by atoms with Crippen molar-refractivity contribution in [3.8, 4) is 0 Å². The van der Waals surface area contributed by atoms with Gasteiger partial charge in [0.2, 0.25) is 5.91 Å². The molecule has 2 rings (SSSR count). The second-order valence-corrected chi connectivity index (χ2v) is 3.04. The van der Waals surface area contributed by atoms with Crippen molar-refractivity contribution in [2.24, 2.45) is 0 Å². The molecule has 3 nitrogen and oxygen atoms in total. The summed E-state index contributed by atoms with van der Waals surface area (Å²) >= 11 is 0. The van der Waals surface area contributed by atoms with E-state index in [1.54, 1.807) is 6.20 Å². The second-order valence-electron chi connectivity index (χ2n) is 3.04. The van der Waals surface area contributed by atoms with Crippen LogP contribution in [0.1, 0.15) is 17.5 Å². The minimum absolute atomic E-state index is 0.108. The van der Waals surface area contributed by atoms with Crippen LogP contribution in [0.4, 0.5) is 5.69 Å². The SMILES string of the molecule is Cc1cncc2c1NC(=O)CC2. The lowest BCUT2D eigenvalue weighted by Crippen LogP contribution is -2.19. The van der Waals surface area contributed by atoms with Gasteiger partial charge in [0.1, 0.15) is 0 Å². The molecule has 1 amide bonds. The van der Waals surface area contributed by atoms with E-state index in [1.807, 2.05) is 13.1 Å². The third-order valence-electron chi connectivity index (χ3n) is 2.10. The third kappa shape index (κ3) is 1.07. The van der Waals surface area contributed by atoms with Gasteiger partial charge in [-0.3, -0.25) is 9.78 Å². The number of carbonyl (C=O) groups excluding carboxylic acids is 1. The van der Waals surface area contributed by atoms with E-state index in [2.05, 4.69) is 10.3 Å². The zero-order chi connectivity index (χ0) is 8.55. The molecule has 0 unspecified atom stereocenters. The molecule has 0 bridgehead atoms. The molecule has 12 heavy (non-hydrogen) atoms. The number of nitrogens with zero attached hydrogens (tertiary/aromatic N) is 1. The maximum absolute atomic E-state index is 11.0. The van der Waals surface area contributed by atoms with E-state index in [4.69, 9.17) is 0 Å². The molecular formula is C9H10N2O. The van der Waals surface area contributed by atoms with Gasteiger partial charge >= 0.3 is 0 Å². The number of rotatable bonds is 0. The van der Waals surface area contributed by atoms with E-state index in [9.17, 15) is 4.79 Å². The molecule has 62 valence electrons. The first-order valence-electron chi connectivity index (χ1n) is 4.00. The fourth-order valence-corrected chi connectivity index (χ4v) is 1.44. The van der Waals surface area contributed by atoms with Crippen molar-refractivity contribution >= 4 is 11.6 Å². The Hall–Kier alpha value is -1.38. The Bertz CT molecular complexity index is 333. The molecule has 1 aromatic heterocycles. The van der Waals surface area contributed by atoms with Crippen LogP contribution < -0.4 is 5.32 Å². The predicted molar refractivity (Wildman–Crippen MR) is 45.9 cm³/mol. The molecule has 0 aromatic carbocycles. The van der Waals surface area contributed by atoms with E-state index in [1.165, 1.54) is 0 Å². The fraction of sp³-hybridized carbons (Fsp3) is 0.333. The summed E-state index contributed by atoms with van der Waals surface area (Å²) in [7, 11) is 0. The average molecular weight is 162 g/mol. The summed E-state index contributed by atoms with van der Waals surface area (Å²) in [5.74, 6) is 0.108. The Morgan fingerprint density at radius 3 is 3.08 bits per heavy atom. The number of hydrogen-bond acceptors (Lipinski definition) is 2. The average Bonchev–Trinajstić information content (AvgIpc) is 2.07. The topological polar surface area (TPSA) is 42.0 Å². The minimum atomic E-state index is 0.108. The maximum Gasteiger partial charge on any atom is 0.224 e. The summed E-state index contributed by atoms with van der Waals surface area (Å²) in [6.45, 7) is 1.96. The Balaban J connectivity index is 2.50. The van der Waals surface area contributed by atoms with E-state index in [-0.39, 0.29) is 5.91 Å². The standard InChI is InChI=1S/C9H10N2O/c1-6-4-10-5-7-2-3-8(12)11-9(6)7/h4-5H,2-3H2,1H3,(H,11,12). The Morgan fingerprint density at radius 2 is 2.25 bits per heavy atom. The zero-order valence-electron chi connectivity index (χ0n) is 6.92. The number of aromatic nitrogens is 1. The van der Waals surface area contributed by atoms with Crippen molar-refractivity contribution in [1.29, 1.82) is 0 Å². The van der Waals surface area contributed by atoms with Crippen molar-refractivity contribution in [3.05, 3.63) is 23.5 Å². The number of fused-ring (bicyclic) bond motifs is 1. The number of aryl methyl sites for hydroxylation is 2. The van der Waals surface area contributed by atoms with Crippen LogP contribution in [0.5, 0.6) is 0 Å². The van der Waals surface area contributed by atoms with Gasteiger partial charge in [-0.2, -0.15) is 0 Å². The number of carbonyl (C=O) groups is 1. The molecular weight excluding hydrogens is 152 g/mol. The third-order valence-corrected chi connectivity index (χ3v) is 2.10. The zero-order valence-corrected chi connectivity index (χ0v) is 6.92. The monoisotopic (exact) mass is 162 g/mol. The molecule has 3 heteroatoms. The van der Waals surface area contributed by atoms with Gasteiger partial charge in [-0.05, 0) is 24.5 Å². The van der Waals surface area contributed by atoms with Crippen LogP contribution in [0, 0.1) is 6.92 Å². The number of amides is 1. The van der Waals surface area contributed by atoms with Crippen molar-refractivity contribution in [3.63, 3.8) is 0 Å². The summed E-state index contributed by atoms with van der Waals surface area (Å²) in [5.41, 5.74) is 3.15. The lowest BCUT2D eigenvalue weighted by molar-refractivity contribution is -0.116. The molecule has 0 radical (unpaired) electrons. The molecule has 1 N–H and O–H groups in total. The van der Waals surface area contributed by atoms with Gasteiger partial charge in [0.05, 0.1) is 0 Å². The molecule has 0 saturated heterocycles. The number of nitrogens with one attached hydrogen (secondary N) is 1. The molecule has 0 aliphatic carbocycles. The van der Waals surface area contributed by atoms with E-state index >= 15 is 0 Å². The highest BCUT2D eigenvalue weighted by atomic mass is 16.1. The molecule has 0 saturated carbocycles. The smallest absolute Gasteiger partial charge is 0.224 e. The number of pyridine rings is 1. The van der Waals surface area contributed by atoms with Crippen LogP contribution in [0.3, 0.4) is 0 Å². The van der Waals surface area contributed by atoms with Gasteiger partial charge in [-0.15, -0.1) is 0 Å². The predicted octanol–water partition coefficient (Wildman–Crippen LogP) is 1.27. The van der Waals surface area contributed by atoms with Gasteiger partial charge in [0, 0.05) is 24.5 Å². The highest BCUT2D eigenvalue weighted by Crippen LogP contribution is 2.24. The lowest BCUT2D eigenvalue weighted by atomic mass is 10.0. The van der Waals surface area contributed by atoms with Gasteiger partial charge in [0.25, 0.3) is 0 Å². The van der Waals surface area contributed by atoms with Gasteiger partial charge in [0.15, 0.2) is 0 Å². The highest BCUT2D eigenvalue weighted by molar-refractivity contribution is 5.94. The normalized spacial score (nSPS) is 15.2. The molecule has 1 aliphatic rings. The number of anilines is 1. The molecule has 0 spiro atoms. The summed E-state index contributed by atoms with van der Waals surface area (Å²) in [5, 5.41) is 2.85. The summed E-state index contributed by atoms with van der Waals surface area (Å²) in [6, 6.07) is 0. The molecule has 1 aliphatic heterocycles. The van der Waals surface area contributed by atoms with Crippen LogP contribution in [-0.2, 0) is 11.2 Å². The maximum atomic E-state index is 11.0. The van der Waals surface area contributed by atoms with Gasteiger partial charge < -0.3 is 5.32 Å². The summed E-state index contributed by atoms with van der Waals surface area (Å²) in [4.78, 5) is 15.1. The molecule has 0 atom stereocenters. The summed E-state index contributed by atoms with van der Waals surface area (Å²) < 4.78 is 0. The first-order chi connectivity index (χ1) is 5.77. The molecule has 0 fully saturated rings. The Morgan fingerprint density at radius 1 is 1.42 bits per heavy atom. The van der Waals surface area contributed by atoms with Crippen LogP contribution in [0.15, 0.2) is 12.4 Å².